The lowest BCUT2D eigenvalue weighted by molar-refractivity contribution is -0.137. The molecule has 0 aliphatic carbocycles. The van der Waals surface area contributed by atoms with E-state index in [1.165, 1.54) is 11.3 Å². The molecule has 82 valence electrons. The summed E-state index contributed by atoms with van der Waals surface area (Å²) in [4.78, 5) is 15.1. The van der Waals surface area contributed by atoms with Crippen molar-refractivity contribution in [3.05, 3.63) is 52.5 Å². The summed E-state index contributed by atoms with van der Waals surface area (Å²) >= 11 is 1.49. The van der Waals surface area contributed by atoms with Crippen molar-refractivity contribution in [1.29, 1.82) is 0 Å². The quantitative estimate of drug-likeness (QED) is 0.883. The molecule has 0 saturated heterocycles. The van der Waals surface area contributed by atoms with Gasteiger partial charge in [0, 0.05) is 11.3 Å². The van der Waals surface area contributed by atoms with E-state index in [1.54, 1.807) is 5.51 Å². The number of carboxylic acid groups (broad SMARTS) is 1. The van der Waals surface area contributed by atoms with E-state index in [-0.39, 0.29) is 12.3 Å². The molecule has 1 aromatic heterocycles. The van der Waals surface area contributed by atoms with Crippen LogP contribution in [0.1, 0.15) is 23.6 Å². The molecule has 2 aromatic rings. The number of rotatable bonds is 4. The van der Waals surface area contributed by atoms with Gasteiger partial charge in [0.2, 0.25) is 0 Å². The Morgan fingerprint density at radius 1 is 1.38 bits per heavy atom. The van der Waals surface area contributed by atoms with Gasteiger partial charge < -0.3 is 5.11 Å². The number of carbonyl (C=O) groups is 1. The van der Waals surface area contributed by atoms with E-state index in [9.17, 15) is 4.79 Å². The predicted molar refractivity (Wildman–Crippen MR) is 62.7 cm³/mol. The molecule has 16 heavy (non-hydrogen) atoms. The van der Waals surface area contributed by atoms with E-state index in [4.69, 9.17) is 5.11 Å². The van der Waals surface area contributed by atoms with Crippen LogP contribution < -0.4 is 0 Å². The number of benzene rings is 1. The summed E-state index contributed by atoms with van der Waals surface area (Å²) in [6, 6.07) is 9.62. The first-order valence-corrected chi connectivity index (χ1v) is 5.86. The molecule has 1 atom stereocenters. The molecule has 0 aliphatic rings. The largest absolute Gasteiger partial charge is 0.481 e. The monoisotopic (exact) mass is 233 g/mol. The first-order valence-electron chi connectivity index (χ1n) is 4.92. The van der Waals surface area contributed by atoms with Crippen LogP contribution in [-0.2, 0) is 4.79 Å². The fourth-order valence-electron chi connectivity index (χ4n) is 1.65. The minimum absolute atomic E-state index is 0.0771. The Balaban J connectivity index is 2.32. The Bertz CT molecular complexity index is 453. The Morgan fingerprint density at radius 3 is 2.69 bits per heavy atom. The van der Waals surface area contributed by atoms with E-state index in [0.29, 0.717) is 0 Å². The number of hydrogen-bond donors (Lipinski definition) is 1. The standard InChI is InChI=1S/C12H11NO2S/c14-12(15)6-10(11-7-16-8-13-11)9-4-2-1-3-5-9/h1-5,7-8,10H,6H2,(H,14,15). The van der Waals surface area contributed by atoms with E-state index in [0.717, 1.165) is 11.3 Å². The number of hydrogen-bond acceptors (Lipinski definition) is 3. The maximum atomic E-state index is 10.9. The fourth-order valence-corrected chi connectivity index (χ4v) is 2.26. The van der Waals surface area contributed by atoms with Crippen molar-refractivity contribution >= 4 is 17.3 Å². The third kappa shape index (κ3) is 2.46. The summed E-state index contributed by atoms with van der Waals surface area (Å²) in [6.45, 7) is 0. The zero-order valence-electron chi connectivity index (χ0n) is 8.54. The average molecular weight is 233 g/mol. The van der Waals surface area contributed by atoms with Gasteiger partial charge in [-0.3, -0.25) is 4.79 Å². The van der Waals surface area contributed by atoms with Crippen molar-refractivity contribution in [3.63, 3.8) is 0 Å². The van der Waals surface area contributed by atoms with E-state index < -0.39 is 5.97 Å². The molecule has 2 rings (SSSR count). The second kappa shape index (κ2) is 4.90. The predicted octanol–water partition coefficient (Wildman–Crippen LogP) is 2.75. The lowest BCUT2D eigenvalue weighted by Crippen LogP contribution is -2.08. The van der Waals surface area contributed by atoms with Gasteiger partial charge >= 0.3 is 5.97 Å². The topological polar surface area (TPSA) is 50.2 Å². The van der Waals surface area contributed by atoms with Gasteiger partial charge in [-0.15, -0.1) is 11.3 Å². The van der Waals surface area contributed by atoms with Gasteiger partial charge in [0.05, 0.1) is 17.6 Å². The highest BCUT2D eigenvalue weighted by Crippen LogP contribution is 2.27. The van der Waals surface area contributed by atoms with E-state index in [2.05, 4.69) is 4.98 Å². The zero-order valence-corrected chi connectivity index (χ0v) is 9.35. The molecule has 4 heteroatoms. The first-order chi connectivity index (χ1) is 7.77. The van der Waals surface area contributed by atoms with Crippen LogP contribution in [0, 0.1) is 0 Å². The van der Waals surface area contributed by atoms with Crippen molar-refractivity contribution in [2.24, 2.45) is 0 Å². The number of thiazole rings is 1. The molecule has 1 aromatic carbocycles. The van der Waals surface area contributed by atoms with Crippen molar-refractivity contribution in [1.82, 2.24) is 4.98 Å². The number of carboxylic acids is 1. The lowest BCUT2D eigenvalue weighted by atomic mass is 9.93. The van der Waals surface area contributed by atoms with E-state index >= 15 is 0 Å². The molecule has 0 fully saturated rings. The average Bonchev–Trinajstić information content (AvgIpc) is 2.80. The fraction of sp³-hybridized carbons (Fsp3) is 0.167. The van der Waals surface area contributed by atoms with E-state index in [1.807, 2.05) is 35.7 Å². The van der Waals surface area contributed by atoms with Gasteiger partial charge in [0.25, 0.3) is 0 Å². The summed E-state index contributed by atoms with van der Waals surface area (Å²) < 4.78 is 0. The highest BCUT2D eigenvalue weighted by molar-refractivity contribution is 7.07. The van der Waals surface area contributed by atoms with Gasteiger partial charge in [0.15, 0.2) is 0 Å². The molecule has 0 spiro atoms. The molecule has 0 amide bonds. The van der Waals surface area contributed by atoms with Crippen LogP contribution in [0.25, 0.3) is 0 Å². The molecular weight excluding hydrogens is 222 g/mol. The minimum atomic E-state index is -0.804. The Morgan fingerprint density at radius 2 is 2.12 bits per heavy atom. The number of aliphatic carboxylic acids is 1. The third-order valence-corrected chi connectivity index (χ3v) is 2.99. The zero-order chi connectivity index (χ0) is 11.4. The van der Waals surface area contributed by atoms with Crippen LogP contribution in [0.2, 0.25) is 0 Å². The van der Waals surface area contributed by atoms with Crippen LogP contribution in [0.4, 0.5) is 0 Å². The van der Waals surface area contributed by atoms with Gasteiger partial charge in [-0.05, 0) is 5.56 Å². The summed E-state index contributed by atoms with van der Waals surface area (Å²) in [5, 5.41) is 10.8. The second-order valence-corrected chi connectivity index (χ2v) is 4.19. The Hall–Kier alpha value is -1.68. The highest BCUT2D eigenvalue weighted by atomic mass is 32.1. The minimum Gasteiger partial charge on any atom is -0.481 e. The van der Waals surface area contributed by atoms with Gasteiger partial charge in [-0.25, -0.2) is 4.98 Å². The van der Waals surface area contributed by atoms with Crippen LogP contribution in [0.3, 0.4) is 0 Å². The maximum absolute atomic E-state index is 10.9. The molecule has 0 bridgehead atoms. The molecule has 0 aliphatic heterocycles. The van der Waals surface area contributed by atoms with Crippen molar-refractivity contribution in [3.8, 4) is 0 Å². The van der Waals surface area contributed by atoms with Crippen molar-refractivity contribution in [2.75, 3.05) is 0 Å². The molecule has 0 radical (unpaired) electrons. The summed E-state index contributed by atoms with van der Waals surface area (Å²) in [5.41, 5.74) is 3.56. The molecule has 3 nitrogen and oxygen atoms in total. The van der Waals surface area contributed by atoms with Crippen molar-refractivity contribution in [2.45, 2.75) is 12.3 Å². The second-order valence-electron chi connectivity index (χ2n) is 3.47. The van der Waals surface area contributed by atoms with Gasteiger partial charge in [-0.1, -0.05) is 30.3 Å². The SMILES string of the molecule is O=C(O)CC(c1ccccc1)c1cscn1. The number of nitrogens with zero attached hydrogens (tertiary/aromatic N) is 1. The third-order valence-electron chi connectivity index (χ3n) is 2.39. The van der Waals surface area contributed by atoms with Crippen LogP contribution in [0.5, 0.6) is 0 Å². The first kappa shape index (κ1) is 10.8. The summed E-state index contributed by atoms with van der Waals surface area (Å²) in [5.74, 6) is -0.952. The maximum Gasteiger partial charge on any atom is 0.304 e. The van der Waals surface area contributed by atoms with Crippen molar-refractivity contribution < 1.29 is 9.90 Å². The summed E-state index contributed by atoms with van der Waals surface area (Å²) in [7, 11) is 0. The Labute approximate surface area is 97.4 Å². The van der Waals surface area contributed by atoms with Gasteiger partial charge in [-0.2, -0.15) is 0 Å². The molecular formula is C12H11NO2S. The molecule has 1 heterocycles. The smallest absolute Gasteiger partial charge is 0.304 e. The van der Waals surface area contributed by atoms with Crippen LogP contribution in [-0.4, -0.2) is 16.1 Å². The molecule has 0 saturated carbocycles. The number of aromatic nitrogens is 1. The Kier molecular flexibility index (Phi) is 3.31. The molecule has 1 N–H and O–H groups in total. The molecule has 1 unspecified atom stereocenters. The lowest BCUT2D eigenvalue weighted by Gasteiger charge is -2.12. The normalized spacial score (nSPS) is 12.2. The highest BCUT2D eigenvalue weighted by Gasteiger charge is 2.19. The van der Waals surface area contributed by atoms with Crippen LogP contribution >= 0.6 is 11.3 Å². The van der Waals surface area contributed by atoms with Gasteiger partial charge in [0.1, 0.15) is 0 Å². The van der Waals surface area contributed by atoms with Crippen LogP contribution in [0.15, 0.2) is 41.2 Å². The summed E-state index contributed by atoms with van der Waals surface area (Å²) in [6.07, 6.45) is 0.0771.